The van der Waals surface area contributed by atoms with Crippen molar-refractivity contribution in [1.29, 1.82) is 0 Å². The number of aromatic amines is 2. The van der Waals surface area contributed by atoms with Gasteiger partial charge in [0.2, 0.25) is 5.95 Å². The highest BCUT2D eigenvalue weighted by molar-refractivity contribution is 5.70. The molecule has 0 amide bonds. The van der Waals surface area contributed by atoms with Gasteiger partial charge in [-0.15, -0.1) is 0 Å². The summed E-state index contributed by atoms with van der Waals surface area (Å²) in [5.41, 5.74) is 11.2. The number of H-pyrrole nitrogens is 2. The molecular weight excluding hydrogens is 220 g/mol. The molecule has 0 saturated heterocycles. The lowest BCUT2D eigenvalue weighted by molar-refractivity contribution is 0.463. The monoisotopic (exact) mass is 236 g/mol. The molecule has 0 saturated carbocycles. The molecule has 2 aromatic heterocycles. The summed E-state index contributed by atoms with van der Waals surface area (Å²) >= 11 is 0. The summed E-state index contributed by atoms with van der Waals surface area (Å²) in [6.45, 7) is 4.57. The van der Waals surface area contributed by atoms with Crippen LogP contribution in [-0.4, -0.2) is 26.5 Å². The van der Waals surface area contributed by atoms with Gasteiger partial charge in [0.05, 0.1) is 0 Å². The van der Waals surface area contributed by atoms with Crippen molar-refractivity contribution in [1.82, 2.24) is 19.9 Å². The van der Waals surface area contributed by atoms with E-state index in [9.17, 15) is 4.79 Å². The number of aromatic nitrogens is 4. The highest BCUT2D eigenvalue weighted by Gasteiger charge is 2.24. The van der Waals surface area contributed by atoms with Gasteiger partial charge in [-0.25, -0.2) is 4.98 Å². The average molecular weight is 236 g/mol. The second-order valence-electron chi connectivity index (χ2n) is 4.66. The molecule has 0 aliphatic heterocycles. The van der Waals surface area contributed by atoms with Crippen molar-refractivity contribution in [2.75, 3.05) is 12.3 Å². The molecule has 0 atom stereocenters. The van der Waals surface area contributed by atoms with Gasteiger partial charge in [0.25, 0.3) is 5.56 Å². The van der Waals surface area contributed by atoms with Crippen LogP contribution in [-0.2, 0) is 5.41 Å². The van der Waals surface area contributed by atoms with Gasteiger partial charge in [-0.1, -0.05) is 13.8 Å². The summed E-state index contributed by atoms with van der Waals surface area (Å²) in [6, 6.07) is 0. The summed E-state index contributed by atoms with van der Waals surface area (Å²) in [6.07, 6.45) is 0.764. The van der Waals surface area contributed by atoms with Gasteiger partial charge in [-0.3, -0.25) is 9.78 Å². The summed E-state index contributed by atoms with van der Waals surface area (Å²) in [5, 5.41) is 0. The molecule has 2 rings (SSSR count). The topological polar surface area (TPSA) is 126 Å². The van der Waals surface area contributed by atoms with Gasteiger partial charge in [-0.05, 0) is 13.0 Å². The number of anilines is 1. The Bertz CT molecular complexity index is 596. The molecule has 0 aliphatic carbocycles. The van der Waals surface area contributed by atoms with Gasteiger partial charge < -0.3 is 16.5 Å². The minimum Gasteiger partial charge on any atom is -0.369 e. The third-order valence-electron chi connectivity index (χ3n) is 2.79. The van der Waals surface area contributed by atoms with E-state index in [0.717, 1.165) is 6.42 Å². The average Bonchev–Trinajstić information content (AvgIpc) is 2.62. The van der Waals surface area contributed by atoms with Crippen molar-refractivity contribution in [3.8, 4) is 0 Å². The van der Waals surface area contributed by atoms with E-state index in [2.05, 4.69) is 19.9 Å². The van der Waals surface area contributed by atoms with Crippen LogP contribution in [0.25, 0.3) is 11.2 Å². The van der Waals surface area contributed by atoms with Crippen LogP contribution in [0.2, 0.25) is 0 Å². The first kappa shape index (κ1) is 11.6. The quantitative estimate of drug-likeness (QED) is 0.589. The Kier molecular flexibility index (Phi) is 2.62. The second kappa shape index (κ2) is 3.85. The van der Waals surface area contributed by atoms with Crippen LogP contribution in [0.3, 0.4) is 0 Å². The molecule has 2 aromatic rings. The molecule has 7 heteroatoms. The predicted molar refractivity (Wildman–Crippen MR) is 65.6 cm³/mol. The highest BCUT2D eigenvalue weighted by atomic mass is 16.1. The highest BCUT2D eigenvalue weighted by Crippen LogP contribution is 2.24. The molecule has 6 N–H and O–H groups in total. The van der Waals surface area contributed by atoms with Crippen LogP contribution in [0.15, 0.2) is 4.79 Å². The van der Waals surface area contributed by atoms with Crippen molar-refractivity contribution < 1.29 is 0 Å². The molecule has 0 aliphatic rings. The number of nitrogens with zero attached hydrogens (tertiary/aromatic N) is 2. The van der Waals surface area contributed by atoms with E-state index in [1.165, 1.54) is 0 Å². The number of hydrogen-bond acceptors (Lipinski definition) is 5. The summed E-state index contributed by atoms with van der Waals surface area (Å²) in [4.78, 5) is 25.3. The number of imidazole rings is 1. The van der Waals surface area contributed by atoms with Crippen molar-refractivity contribution >= 4 is 17.1 Å². The van der Waals surface area contributed by atoms with E-state index in [1.807, 2.05) is 13.8 Å². The van der Waals surface area contributed by atoms with E-state index < -0.39 is 0 Å². The molecule has 0 aromatic carbocycles. The number of nitrogens with two attached hydrogens (primary N) is 2. The normalized spacial score (nSPS) is 12.2. The SMILES string of the molecule is CC(C)(CCN)c1nc2nc(N)[nH]c(=O)c2[nH]1. The summed E-state index contributed by atoms with van der Waals surface area (Å²) in [7, 11) is 0. The zero-order valence-corrected chi connectivity index (χ0v) is 9.87. The molecule has 0 spiro atoms. The number of fused-ring (bicyclic) bond motifs is 1. The van der Waals surface area contributed by atoms with Crippen LogP contribution in [0.5, 0.6) is 0 Å². The minimum atomic E-state index is -0.310. The maximum atomic E-state index is 11.6. The third kappa shape index (κ3) is 2.01. The lowest BCUT2D eigenvalue weighted by Crippen LogP contribution is -2.23. The second-order valence-corrected chi connectivity index (χ2v) is 4.66. The summed E-state index contributed by atoms with van der Waals surface area (Å²) < 4.78 is 0. The number of nitrogen functional groups attached to an aromatic ring is 1. The molecule has 2 heterocycles. The van der Waals surface area contributed by atoms with Gasteiger partial charge in [0.1, 0.15) is 5.82 Å². The Morgan fingerprint density at radius 2 is 2.00 bits per heavy atom. The maximum absolute atomic E-state index is 11.6. The van der Waals surface area contributed by atoms with Crippen molar-refractivity contribution in [2.45, 2.75) is 25.7 Å². The van der Waals surface area contributed by atoms with Crippen molar-refractivity contribution in [3.05, 3.63) is 16.2 Å². The minimum absolute atomic E-state index is 0.0668. The van der Waals surface area contributed by atoms with Crippen LogP contribution in [0.4, 0.5) is 5.95 Å². The van der Waals surface area contributed by atoms with Crippen LogP contribution in [0.1, 0.15) is 26.1 Å². The Hall–Kier alpha value is -1.89. The predicted octanol–water partition coefficient (Wildman–Crippen LogP) is -0.145. The van der Waals surface area contributed by atoms with Crippen LogP contribution in [0, 0.1) is 0 Å². The molecule has 0 bridgehead atoms. The van der Waals surface area contributed by atoms with Crippen LogP contribution >= 0.6 is 0 Å². The Morgan fingerprint density at radius 1 is 1.29 bits per heavy atom. The van der Waals surface area contributed by atoms with Crippen molar-refractivity contribution in [3.63, 3.8) is 0 Å². The fourth-order valence-corrected chi connectivity index (χ4v) is 1.72. The largest absolute Gasteiger partial charge is 0.369 e. The first-order valence-electron chi connectivity index (χ1n) is 5.40. The van der Waals surface area contributed by atoms with Gasteiger partial charge >= 0.3 is 0 Å². The third-order valence-corrected chi connectivity index (χ3v) is 2.79. The van der Waals surface area contributed by atoms with Gasteiger partial charge in [0, 0.05) is 5.41 Å². The number of nitrogens with one attached hydrogen (secondary N) is 2. The smallest absolute Gasteiger partial charge is 0.278 e. The Balaban J connectivity index is 2.59. The lowest BCUT2D eigenvalue weighted by atomic mass is 9.89. The standard InChI is InChI=1S/C10H16N6O/c1-10(2,3-4-11)8-13-5-6(14-8)15-9(12)16-7(5)17/h3-4,11H2,1-2H3,(H4,12,13,14,15,16,17). The van der Waals surface area contributed by atoms with E-state index >= 15 is 0 Å². The van der Waals surface area contributed by atoms with E-state index in [4.69, 9.17) is 11.5 Å². The fourth-order valence-electron chi connectivity index (χ4n) is 1.72. The molecule has 0 unspecified atom stereocenters. The first-order chi connectivity index (χ1) is 7.94. The van der Waals surface area contributed by atoms with Crippen LogP contribution < -0.4 is 17.0 Å². The first-order valence-corrected chi connectivity index (χ1v) is 5.40. The maximum Gasteiger partial charge on any atom is 0.278 e. The molecule has 17 heavy (non-hydrogen) atoms. The zero-order chi connectivity index (χ0) is 12.6. The zero-order valence-electron chi connectivity index (χ0n) is 9.87. The van der Waals surface area contributed by atoms with E-state index in [-0.39, 0.29) is 16.9 Å². The van der Waals surface area contributed by atoms with E-state index in [0.29, 0.717) is 23.5 Å². The molecule has 0 radical (unpaired) electrons. The Labute approximate surface area is 97.6 Å². The fraction of sp³-hybridized carbons (Fsp3) is 0.500. The Morgan fingerprint density at radius 3 is 2.65 bits per heavy atom. The molecule has 92 valence electrons. The molecular formula is C10H16N6O. The molecule has 0 fully saturated rings. The van der Waals surface area contributed by atoms with E-state index in [1.54, 1.807) is 0 Å². The summed E-state index contributed by atoms with van der Waals surface area (Å²) in [5.74, 6) is 0.763. The lowest BCUT2D eigenvalue weighted by Gasteiger charge is -2.20. The van der Waals surface area contributed by atoms with Gasteiger partial charge in [-0.2, -0.15) is 4.98 Å². The van der Waals surface area contributed by atoms with Crippen molar-refractivity contribution in [2.24, 2.45) is 5.73 Å². The number of hydrogen-bond donors (Lipinski definition) is 4. The van der Waals surface area contributed by atoms with Gasteiger partial charge in [0.15, 0.2) is 11.2 Å². The molecule has 7 nitrogen and oxygen atoms in total. The number of rotatable bonds is 3.